The van der Waals surface area contributed by atoms with Crippen LogP contribution in [0, 0.1) is 5.92 Å². The van der Waals surface area contributed by atoms with E-state index in [0.29, 0.717) is 18.8 Å². The van der Waals surface area contributed by atoms with Gasteiger partial charge in [-0.2, -0.15) is 0 Å². The van der Waals surface area contributed by atoms with Gasteiger partial charge in [0.2, 0.25) is 5.91 Å². The molecule has 2 amide bonds. The number of nitrogens with zero attached hydrogens (tertiary/aromatic N) is 2. The van der Waals surface area contributed by atoms with Crippen LogP contribution in [0.4, 0.5) is 10.5 Å². The summed E-state index contributed by atoms with van der Waals surface area (Å²) in [5.41, 5.74) is 1.30. The van der Waals surface area contributed by atoms with Crippen LogP contribution in [0.15, 0.2) is 18.2 Å². The molecule has 2 atom stereocenters. The summed E-state index contributed by atoms with van der Waals surface area (Å²) in [7, 11) is 3.36. The van der Waals surface area contributed by atoms with Crippen LogP contribution < -0.4 is 9.64 Å². The van der Waals surface area contributed by atoms with Crippen molar-refractivity contribution in [1.82, 2.24) is 4.90 Å². The van der Waals surface area contributed by atoms with Crippen LogP contribution in [0.3, 0.4) is 0 Å². The number of rotatable bonds is 1. The zero-order chi connectivity index (χ0) is 17.6. The molecule has 24 heavy (non-hydrogen) atoms. The Labute approximate surface area is 142 Å². The minimum absolute atomic E-state index is 0.0167. The second-order valence-electron chi connectivity index (χ2n) is 7.39. The molecule has 130 valence electrons. The fourth-order valence-electron chi connectivity index (χ4n) is 3.57. The Balaban J connectivity index is 1.92. The first kappa shape index (κ1) is 16.6. The molecule has 3 rings (SSSR count). The van der Waals surface area contributed by atoms with E-state index in [-0.39, 0.29) is 23.8 Å². The highest BCUT2D eigenvalue weighted by Gasteiger charge is 2.47. The van der Waals surface area contributed by atoms with Crippen molar-refractivity contribution in [2.45, 2.75) is 32.3 Å². The number of carbonyl (C=O) groups excluding carboxylic acids is 2. The van der Waals surface area contributed by atoms with Crippen molar-refractivity contribution in [3.8, 4) is 5.75 Å². The van der Waals surface area contributed by atoms with Crippen LogP contribution >= 0.6 is 0 Å². The molecule has 0 saturated carbocycles. The zero-order valence-corrected chi connectivity index (χ0v) is 14.8. The average molecular weight is 332 g/mol. The number of anilines is 1. The lowest BCUT2D eigenvalue weighted by molar-refractivity contribution is -0.122. The molecule has 1 saturated heterocycles. The van der Waals surface area contributed by atoms with Crippen molar-refractivity contribution in [1.29, 1.82) is 0 Å². The van der Waals surface area contributed by atoms with Gasteiger partial charge in [0.1, 0.15) is 11.4 Å². The van der Waals surface area contributed by atoms with E-state index in [1.54, 1.807) is 24.0 Å². The molecule has 0 bridgehead atoms. The normalized spacial score (nSPS) is 23.0. The number of amides is 2. The number of para-hydroxylation sites is 1. The molecule has 0 radical (unpaired) electrons. The highest BCUT2D eigenvalue weighted by molar-refractivity contribution is 6.01. The molecule has 2 aliphatic heterocycles. The Morgan fingerprint density at radius 2 is 1.88 bits per heavy atom. The lowest BCUT2D eigenvalue weighted by Gasteiger charge is -2.34. The highest BCUT2D eigenvalue weighted by atomic mass is 16.6. The van der Waals surface area contributed by atoms with E-state index >= 15 is 0 Å². The number of benzene rings is 1. The Bertz CT molecular complexity index is 680. The van der Waals surface area contributed by atoms with Crippen molar-refractivity contribution in [2.24, 2.45) is 5.92 Å². The van der Waals surface area contributed by atoms with E-state index < -0.39 is 5.60 Å². The summed E-state index contributed by atoms with van der Waals surface area (Å²) >= 11 is 0. The van der Waals surface area contributed by atoms with Gasteiger partial charge in [0.25, 0.3) is 0 Å². The van der Waals surface area contributed by atoms with Gasteiger partial charge in [-0.1, -0.05) is 12.1 Å². The molecule has 0 N–H and O–H groups in total. The molecule has 0 spiro atoms. The Kier molecular flexibility index (Phi) is 3.94. The highest BCUT2D eigenvalue weighted by Crippen LogP contribution is 2.47. The van der Waals surface area contributed by atoms with Crippen LogP contribution in [-0.2, 0) is 9.53 Å². The van der Waals surface area contributed by atoms with Gasteiger partial charge >= 0.3 is 6.09 Å². The number of methoxy groups -OCH3 is 1. The number of likely N-dealkylation sites (tertiary alicyclic amines) is 1. The van der Waals surface area contributed by atoms with Gasteiger partial charge in [-0.3, -0.25) is 4.79 Å². The fraction of sp³-hybridized carbons (Fsp3) is 0.556. The fourth-order valence-corrected chi connectivity index (χ4v) is 3.57. The van der Waals surface area contributed by atoms with Gasteiger partial charge in [-0.25, -0.2) is 4.79 Å². The topological polar surface area (TPSA) is 59.1 Å². The summed E-state index contributed by atoms with van der Waals surface area (Å²) in [5.74, 6) is 0.439. The molecule has 2 aliphatic rings. The van der Waals surface area contributed by atoms with Gasteiger partial charge in [0.05, 0.1) is 18.7 Å². The summed E-state index contributed by atoms with van der Waals surface area (Å²) < 4.78 is 10.9. The molecule has 1 fully saturated rings. The molecule has 2 heterocycles. The SMILES string of the molecule is COc1cccc2c1N(C)C(=O)C1CN(C(=O)OC(C)(C)C)CC21. The molecule has 6 heteroatoms. The average Bonchev–Trinajstić information content (AvgIpc) is 2.96. The quantitative estimate of drug-likeness (QED) is 0.793. The van der Waals surface area contributed by atoms with Crippen LogP contribution in [0.2, 0.25) is 0 Å². The van der Waals surface area contributed by atoms with Gasteiger partial charge in [-0.05, 0) is 32.4 Å². The number of carbonyl (C=O) groups is 2. The van der Waals surface area contributed by atoms with E-state index in [9.17, 15) is 9.59 Å². The third kappa shape index (κ3) is 2.70. The zero-order valence-electron chi connectivity index (χ0n) is 14.8. The maximum Gasteiger partial charge on any atom is 0.410 e. The Morgan fingerprint density at radius 1 is 1.21 bits per heavy atom. The first-order chi connectivity index (χ1) is 11.2. The van der Waals surface area contributed by atoms with E-state index in [1.807, 2.05) is 39.0 Å². The standard InChI is InChI=1S/C18H24N2O4/c1-18(2,3)24-17(22)20-9-12-11-7-6-8-14(23-5)15(11)19(4)16(21)13(12)10-20/h6-8,12-13H,9-10H2,1-5H3. The van der Waals surface area contributed by atoms with Crippen molar-refractivity contribution in [3.05, 3.63) is 23.8 Å². The minimum atomic E-state index is -0.549. The number of fused-ring (bicyclic) bond motifs is 3. The van der Waals surface area contributed by atoms with E-state index in [1.165, 1.54) is 0 Å². The minimum Gasteiger partial charge on any atom is -0.495 e. The van der Waals surface area contributed by atoms with Gasteiger partial charge in [0, 0.05) is 26.1 Å². The molecule has 6 nitrogen and oxygen atoms in total. The lowest BCUT2D eigenvalue weighted by Crippen LogP contribution is -2.41. The number of hydrogen-bond acceptors (Lipinski definition) is 4. The van der Waals surface area contributed by atoms with Gasteiger partial charge in [-0.15, -0.1) is 0 Å². The van der Waals surface area contributed by atoms with Crippen LogP contribution in [-0.4, -0.2) is 49.7 Å². The Morgan fingerprint density at radius 3 is 2.50 bits per heavy atom. The van der Waals surface area contributed by atoms with Crippen LogP contribution in [0.1, 0.15) is 32.3 Å². The second kappa shape index (κ2) is 5.69. The molecule has 2 unspecified atom stereocenters. The molecular weight excluding hydrogens is 308 g/mol. The molecule has 1 aromatic rings. The van der Waals surface area contributed by atoms with Crippen molar-refractivity contribution in [3.63, 3.8) is 0 Å². The van der Waals surface area contributed by atoms with E-state index in [0.717, 1.165) is 11.3 Å². The number of ether oxygens (including phenoxy) is 2. The summed E-state index contributed by atoms with van der Waals surface area (Å²) in [6.07, 6.45) is -0.364. The molecule has 1 aromatic carbocycles. The largest absolute Gasteiger partial charge is 0.495 e. The second-order valence-corrected chi connectivity index (χ2v) is 7.39. The summed E-state index contributed by atoms with van der Waals surface area (Å²) in [6, 6.07) is 5.79. The van der Waals surface area contributed by atoms with Crippen molar-refractivity contribution >= 4 is 17.7 Å². The smallest absolute Gasteiger partial charge is 0.410 e. The third-order valence-corrected chi connectivity index (χ3v) is 4.60. The predicted octanol–water partition coefficient (Wildman–Crippen LogP) is 2.62. The van der Waals surface area contributed by atoms with Crippen LogP contribution in [0.5, 0.6) is 5.75 Å². The summed E-state index contributed by atoms with van der Waals surface area (Å²) in [6.45, 7) is 6.39. The Hall–Kier alpha value is -2.24. The first-order valence-corrected chi connectivity index (χ1v) is 8.15. The van der Waals surface area contributed by atoms with E-state index in [4.69, 9.17) is 9.47 Å². The van der Waals surface area contributed by atoms with Gasteiger partial charge < -0.3 is 19.3 Å². The van der Waals surface area contributed by atoms with Crippen molar-refractivity contribution in [2.75, 3.05) is 32.1 Å². The summed E-state index contributed by atoms with van der Waals surface area (Å²) in [5, 5.41) is 0. The third-order valence-electron chi connectivity index (χ3n) is 4.60. The van der Waals surface area contributed by atoms with Crippen LogP contribution in [0.25, 0.3) is 0 Å². The van der Waals surface area contributed by atoms with E-state index in [2.05, 4.69) is 0 Å². The van der Waals surface area contributed by atoms with Gasteiger partial charge in [0.15, 0.2) is 0 Å². The maximum absolute atomic E-state index is 12.8. The summed E-state index contributed by atoms with van der Waals surface area (Å²) in [4.78, 5) is 28.5. The first-order valence-electron chi connectivity index (χ1n) is 8.15. The predicted molar refractivity (Wildman–Crippen MR) is 90.4 cm³/mol. The monoisotopic (exact) mass is 332 g/mol. The molecule has 0 aromatic heterocycles. The molecular formula is C18H24N2O4. The molecule has 0 aliphatic carbocycles. The maximum atomic E-state index is 12.8. The van der Waals surface area contributed by atoms with Crippen molar-refractivity contribution < 1.29 is 19.1 Å². The lowest BCUT2D eigenvalue weighted by atomic mass is 9.83. The number of hydrogen-bond donors (Lipinski definition) is 0.